The minimum absolute atomic E-state index is 0.0868. The summed E-state index contributed by atoms with van der Waals surface area (Å²) in [6, 6.07) is 4.97. The number of rotatable bonds is 5. The van der Waals surface area contributed by atoms with Crippen LogP contribution in [-0.2, 0) is 19.1 Å². The number of likely N-dealkylation sites (N-methyl/N-ethyl adjacent to an activating group) is 1. The summed E-state index contributed by atoms with van der Waals surface area (Å²) >= 11 is 0. The van der Waals surface area contributed by atoms with Crippen LogP contribution in [0.4, 0.5) is 5.69 Å². The van der Waals surface area contributed by atoms with Crippen LogP contribution in [0.25, 0.3) is 0 Å². The van der Waals surface area contributed by atoms with Gasteiger partial charge in [-0.1, -0.05) is 0 Å². The highest BCUT2D eigenvalue weighted by atomic mass is 16.5. The number of carbonyl (C=O) groups excluding carboxylic acids is 4. The molecule has 8 nitrogen and oxygen atoms in total. The van der Waals surface area contributed by atoms with Gasteiger partial charge in [0.15, 0.2) is 11.9 Å². The second-order valence-electron chi connectivity index (χ2n) is 7.44. The lowest BCUT2D eigenvalue weighted by Gasteiger charge is -2.31. The third kappa shape index (κ3) is 4.41. The van der Waals surface area contributed by atoms with E-state index in [4.69, 9.17) is 9.47 Å². The van der Waals surface area contributed by atoms with E-state index < -0.39 is 6.10 Å². The SMILES string of the molecule is COC(=O)C1CCN(C(=O)CCC(=O)c2ccc3c(c2)N(C)C(=O)C(C)O3)CC1. The van der Waals surface area contributed by atoms with Crippen LogP contribution in [0.1, 0.15) is 43.0 Å². The quantitative estimate of drug-likeness (QED) is 0.551. The molecule has 1 unspecified atom stereocenters. The predicted octanol–water partition coefficient (Wildman–Crippen LogP) is 1.80. The fourth-order valence-electron chi connectivity index (χ4n) is 3.74. The molecule has 2 aliphatic heterocycles. The van der Waals surface area contributed by atoms with Crippen LogP contribution in [0, 0.1) is 5.92 Å². The van der Waals surface area contributed by atoms with Gasteiger partial charge in [0.1, 0.15) is 5.75 Å². The van der Waals surface area contributed by atoms with Crippen LogP contribution in [0.3, 0.4) is 0 Å². The van der Waals surface area contributed by atoms with Crippen molar-refractivity contribution in [1.29, 1.82) is 0 Å². The number of Topliss-reactive ketones (excluding diaryl/α,β-unsaturated/α-hetero) is 1. The lowest BCUT2D eigenvalue weighted by Crippen LogP contribution is -2.42. The molecule has 0 aromatic heterocycles. The van der Waals surface area contributed by atoms with Crippen LogP contribution < -0.4 is 9.64 Å². The van der Waals surface area contributed by atoms with Gasteiger partial charge in [-0.3, -0.25) is 19.2 Å². The van der Waals surface area contributed by atoms with Crippen molar-refractivity contribution in [2.75, 3.05) is 32.1 Å². The maximum atomic E-state index is 12.6. The topological polar surface area (TPSA) is 93.2 Å². The lowest BCUT2D eigenvalue weighted by molar-refractivity contribution is -0.148. The molecular formula is C21H26N2O6. The van der Waals surface area contributed by atoms with Gasteiger partial charge in [0, 0.05) is 38.5 Å². The van der Waals surface area contributed by atoms with Crippen molar-refractivity contribution in [1.82, 2.24) is 4.90 Å². The van der Waals surface area contributed by atoms with Crippen LogP contribution in [0.2, 0.25) is 0 Å². The van der Waals surface area contributed by atoms with Gasteiger partial charge < -0.3 is 19.3 Å². The Hall–Kier alpha value is -2.90. The van der Waals surface area contributed by atoms with Gasteiger partial charge in [0.25, 0.3) is 5.91 Å². The number of methoxy groups -OCH3 is 1. The van der Waals surface area contributed by atoms with Crippen molar-refractivity contribution in [2.24, 2.45) is 5.92 Å². The van der Waals surface area contributed by atoms with Gasteiger partial charge in [-0.15, -0.1) is 0 Å². The summed E-state index contributed by atoms with van der Waals surface area (Å²) in [5.41, 5.74) is 0.994. The average molecular weight is 402 g/mol. The maximum absolute atomic E-state index is 12.6. The first kappa shape index (κ1) is 20.8. The number of ketones is 1. The lowest BCUT2D eigenvalue weighted by atomic mass is 9.96. The Morgan fingerprint density at radius 2 is 1.86 bits per heavy atom. The van der Waals surface area contributed by atoms with Crippen molar-refractivity contribution in [3.05, 3.63) is 23.8 Å². The van der Waals surface area contributed by atoms with Gasteiger partial charge in [0.05, 0.1) is 18.7 Å². The molecule has 0 N–H and O–H groups in total. The number of esters is 1. The number of likely N-dealkylation sites (tertiary alicyclic amines) is 1. The number of hydrogen-bond donors (Lipinski definition) is 0. The zero-order valence-corrected chi connectivity index (χ0v) is 17.0. The average Bonchev–Trinajstić information content (AvgIpc) is 2.75. The molecule has 156 valence electrons. The van der Waals surface area contributed by atoms with Gasteiger partial charge in [-0.2, -0.15) is 0 Å². The Balaban J connectivity index is 1.56. The number of amides is 2. The first-order valence-electron chi connectivity index (χ1n) is 9.79. The molecule has 2 aliphatic rings. The summed E-state index contributed by atoms with van der Waals surface area (Å²) in [5, 5.41) is 0. The molecule has 0 radical (unpaired) electrons. The van der Waals surface area contributed by atoms with Gasteiger partial charge in [0.2, 0.25) is 5.91 Å². The van der Waals surface area contributed by atoms with E-state index in [0.717, 1.165) is 0 Å². The van der Waals surface area contributed by atoms with Crippen molar-refractivity contribution in [2.45, 2.75) is 38.7 Å². The van der Waals surface area contributed by atoms with Gasteiger partial charge in [-0.25, -0.2) is 0 Å². The van der Waals surface area contributed by atoms with Crippen LogP contribution >= 0.6 is 0 Å². The summed E-state index contributed by atoms with van der Waals surface area (Å²) < 4.78 is 10.3. The smallest absolute Gasteiger partial charge is 0.308 e. The number of nitrogens with zero attached hydrogens (tertiary/aromatic N) is 2. The summed E-state index contributed by atoms with van der Waals surface area (Å²) in [5.74, 6) is -0.269. The number of piperidine rings is 1. The Kier molecular flexibility index (Phi) is 6.20. The zero-order valence-electron chi connectivity index (χ0n) is 17.0. The molecule has 1 aromatic carbocycles. The molecule has 29 heavy (non-hydrogen) atoms. The van der Waals surface area contributed by atoms with E-state index in [1.807, 2.05) is 0 Å². The molecule has 1 fully saturated rings. The Morgan fingerprint density at radius 1 is 1.17 bits per heavy atom. The Morgan fingerprint density at radius 3 is 2.52 bits per heavy atom. The summed E-state index contributed by atoms with van der Waals surface area (Å²) in [4.78, 5) is 51.8. The number of carbonyl (C=O) groups is 4. The number of hydrogen-bond acceptors (Lipinski definition) is 6. The van der Waals surface area contributed by atoms with Crippen molar-refractivity contribution in [3.63, 3.8) is 0 Å². The molecule has 2 heterocycles. The van der Waals surface area contributed by atoms with E-state index in [9.17, 15) is 19.2 Å². The standard InChI is InChI=1S/C21H26N2O6/c1-13-20(26)22(2)16-12-15(4-6-18(16)29-13)17(24)5-7-19(25)23-10-8-14(9-11-23)21(27)28-3/h4,6,12-14H,5,7-11H2,1-3H3. The fraction of sp³-hybridized carbons (Fsp3) is 0.524. The molecule has 2 amide bonds. The third-order valence-corrected chi connectivity index (χ3v) is 5.57. The number of benzene rings is 1. The molecule has 0 aliphatic carbocycles. The molecule has 0 spiro atoms. The predicted molar refractivity (Wildman–Crippen MR) is 105 cm³/mol. The molecule has 0 saturated carbocycles. The number of fused-ring (bicyclic) bond motifs is 1. The van der Waals surface area contributed by atoms with Gasteiger partial charge >= 0.3 is 5.97 Å². The van der Waals surface area contributed by atoms with E-state index in [1.165, 1.54) is 12.0 Å². The van der Waals surface area contributed by atoms with Crippen LogP contribution in [0.5, 0.6) is 5.75 Å². The molecule has 0 bridgehead atoms. The molecule has 1 atom stereocenters. The summed E-state index contributed by atoms with van der Waals surface area (Å²) in [6.07, 6.45) is 0.797. The Bertz CT molecular complexity index is 828. The first-order chi connectivity index (χ1) is 13.8. The normalized spacial score (nSPS) is 19.4. The summed E-state index contributed by atoms with van der Waals surface area (Å²) in [7, 11) is 3.02. The molecule has 8 heteroatoms. The zero-order chi connectivity index (χ0) is 21.1. The maximum Gasteiger partial charge on any atom is 0.308 e. The van der Waals surface area contributed by atoms with Crippen molar-refractivity contribution >= 4 is 29.3 Å². The number of ether oxygens (including phenoxy) is 2. The van der Waals surface area contributed by atoms with E-state index in [2.05, 4.69) is 0 Å². The molecule has 1 saturated heterocycles. The van der Waals surface area contributed by atoms with E-state index >= 15 is 0 Å². The monoisotopic (exact) mass is 402 g/mol. The molecular weight excluding hydrogens is 376 g/mol. The highest BCUT2D eigenvalue weighted by Crippen LogP contribution is 2.34. The van der Waals surface area contributed by atoms with E-state index in [-0.39, 0.29) is 42.3 Å². The van der Waals surface area contributed by atoms with Crippen LogP contribution in [0.15, 0.2) is 18.2 Å². The van der Waals surface area contributed by atoms with Crippen molar-refractivity contribution < 1.29 is 28.7 Å². The number of anilines is 1. The van der Waals surface area contributed by atoms with E-state index in [1.54, 1.807) is 37.1 Å². The fourth-order valence-corrected chi connectivity index (χ4v) is 3.74. The minimum atomic E-state index is -0.560. The third-order valence-electron chi connectivity index (χ3n) is 5.57. The van der Waals surface area contributed by atoms with E-state index in [0.29, 0.717) is 42.9 Å². The second kappa shape index (κ2) is 8.63. The molecule has 1 aromatic rings. The molecule has 3 rings (SSSR count). The van der Waals surface area contributed by atoms with Crippen molar-refractivity contribution in [3.8, 4) is 5.75 Å². The minimum Gasteiger partial charge on any atom is -0.479 e. The first-order valence-corrected chi connectivity index (χ1v) is 9.79. The Labute approximate surface area is 169 Å². The van der Waals surface area contributed by atoms with Crippen LogP contribution in [-0.4, -0.2) is 61.8 Å². The van der Waals surface area contributed by atoms with Gasteiger partial charge in [-0.05, 0) is 38.0 Å². The largest absolute Gasteiger partial charge is 0.479 e. The highest BCUT2D eigenvalue weighted by molar-refractivity contribution is 6.03. The summed E-state index contributed by atoms with van der Waals surface area (Å²) in [6.45, 7) is 2.67. The second-order valence-corrected chi connectivity index (χ2v) is 7.44. The highest BCUT2D eigenvalue weighted by Gasteiger charge is 2.30.